The molecule has 4 rings (SSSR count). The Morgan fingerprint density at radius 3 is 2.14 bits per heavy atom. The number of piperidine rings is 1. The number of nitrogens with zero attached hydrogens (tertiary/aromatic N) is 2. The maximum absolute atomic E-state index is 13.1. The maximum Gasteiger partial charge on any atom is 0.242 e. The highest BCUT2D eigenvalue weighted by molar-refractivity contribution is 5.83. The van der Waals surface area contributed by atoms with Crippen LogP contribution in [0.4, 0.5) is 5.69 Å². The van der Waals surface area contributed by atoms with Gasteiger partial charge in [-0.2, -0.15) is 0 Å². The molecule has 148 valence electrons. The van der Waals surface area contributed by atoms with E-state index in [1.807, 2.05) is 18.2 Å². The second-order valence-electron chi connectivity index (χ2n) is 7.99. The lowest BCUT2D eigenvalue weighted by Crippen LogP contribution is -2.39. The fourth-order valence-corrected chi connectivity index (χ4v) is 4.43. The molecule has 2 heterocycles. The Balaban J connectivity index is 1.39. The summed E-state index contributed by atoms with van der Waals surface area (Å²) >= 11 is 0. The minimum atomic E-state index is -0.184. The van der Waals surface area contributed by atoms with Crippen LogP contribution in [0, 0.1) is 0 Å². The highest BCUT2D eigenvalue weighted by Crippen LogP contribution is 2.25. The van der Waals surface area contributed by atoms with E-state index in [1.54, 1.807) is 0 Å². The molecule has 2 aromatic carbocycles. The second-order valence-corrected chi connectivity index (χ2v) is 7.99. The van der Waals surface area contributed by atoms with Gasteiger partial charge in [0.1, 0.15) is 6.04 Å². The van der Waals surface area contributed by atoms with Crippen molar-refractivity contribution in [2.45, 2.75) is 44.7 Å². The van der Waals surface area contributed by atoms with E-state index in [1.165, 1.54) is 37.8 Å². The molecule has 2 aliphatic rings. The van der Waals surface area contributed by atoms with Crippen LogP contribution < -0.4 is 10.2 Å². The molecule has 1 amide bonds. The Bertz CT molecular complexity index is 747. The SMILES string of the molecule is O=C(NCc1ccc(N2CCCCC2)cc1)[C@H](c1ccccc1)N1CCCC1. The van der Waals surface area contributed by atoms with Crippen LogP contribution >= 0.6 is 0 Å². The Morgan fingerprint density at radius 1 is 0.821 bits per heavy atom. The van der Waals surface area contributed by atoms with Gasteiger partial charge in [-0.05, 0) is 68.5 Å². The minimum Gasteiger partial charge on any atom is -0.372 e. The highest BCUT2D eigenvalue weighted by atomic mass is 16.2. The molecule has 2 aliphatic heterocycles. The fourth-order valence-electron chi connectivity index (χ4n) is 4.43. The fraction of sp³-hybridized carbons (Fsp3) is 0.458. The lowest BCUT2D eigenvalue weighted by Gasteiger charge is -2.29. The van der Waals surface area contributed by atoms with Crippen molar-refractivity contribution in [2.24, 2.45) is 0 Å². The molecule has 2 saturated heterocycles. The summed E-state index contributed by atoms with van der Waals surface area (Å²) in [5.41, 5.74) is 3.54. The standard InChI is InChI=1S/C24H31N3O/c28-24(23(27-17-7-8-18-27)21-9-3-1-4-10-21)25-19-20-11-13-22(14-12-20)26-15-5-2-6-16-26/h1,3-4,9-14,23H,2,5-8,15-19H2,(H,25,28)/t23-/m0/s1. The molecule has 4 nitrogen and oxygen atoms in total. The van der Waals surface area contributed by atoms with Crippen molar-refractivity contribution in [2.75, 3.05) is 31.1 Å². The van der Waals surface area contributed by atoms with E-state index in [9.17, 15) is 4.79 Å². The molecule has 0 spiro atoms. The number of anilines is 1. The molecule has 1 atom stereocenters. The summed E-state index contributed by atoms with van der Waals surface area (Å²) in [4.78, 5) is 17.8. The molecule has 1 N–H and O–H groups in total. The topological polar surface area (TPSA) is 35.6 Å². The van der Waals surface area contributed by atoms with Crippen molar-refractivity contribution < 1.29 is 4.79 Å². The van der Waals surface area contributed by atoms with Gasteiger partial charge in [0, 0.05) is 25.3 Å². The molecule has 2 fully saturated rings. The van der Waals surface area contributed by atoms with Gasteiger partial charge in [0.15, 0.2) is 0 Å². The van der Waals surface area contributed by atoms with Crippen molar-refractivity contribution >= 4 is 11.6 Å². The zero-order valence-corrected chi connectivity index (χ0v) is 16.6. The van der Waals surface area contributed by atoms with Crippen molar-refractivity contribution in [1.82, 2.24) is 10.2 Å². The first-order valence-corrected chi connectivity index (χ1v) is 10.7. The summed E-state index contributed by atoms with van der Waals surface area (Å²) in [7, 11) is 0. The van der Waals surface area contributed by atoms with E-state index in [-0.39, 0.29) is 11.9 Å². The number of carbonyl (C=O) groups is 1. The molecule has 0 bridgehead atoms. The number of hydrogen-bond donors (Lipinski definition) is 1. The smallest absolute Gasteiger partial charge is 0.242 e. The number of rotatable bonds is 6. The number of amides is 1. The van der Waals surface area contributed by atoms with E-state index in [4.69, 9.17) is 0 Å². The van der Waals surface area contributed by atoms with Crippen molar-refractivity contribution in [3.63, 3.8) is 0 Å². The van der Waals surface area contributed by atoms with Crippen LogP contribution in [0.5, 0.6) is 0 Å². The van der Waals surface area contributed by atoms with E-state index in [0.29, 0.717) is 6.54 Å². The molecule has 0 saturated carbocycles. The first kappa shape index (κ1) is 19.0. The number of hydrogen-bond acceptors (Lipinski definition) is 3. The maximum atomic E-state index is 13.1. The third kappa shape index (κ3) is 4.56. The largest absolute Gasteiger partial charge is 0.372 e. The molecule has 0 unspecified atom stereocenters. The Kier molecular flexibility index (Phi) is 6.27. The monoisotopic (exact) mass is 377 g/mol. The summed E-state index contributed by atoms with van der Waals surface area (Å²) in [6.07, 6.45) is 6.27. The molecule has 2 aromatic rings. The lowest BCUT2D eigenvalue weighted by molar-refractivity contribution is -0.126. The van der Waals surface area contributed by atoms with Gasteiger partial charge >= 0.3 is 0 Å². The average molecular weight is 378 g/mol. The molecule has 0 aliphatic carbocycles. The van der Waals surface area contributed by atoms with Crippen LogP contribution in [-0.2, 0) is 11.3 Å². The molecule has 4 heteroatoms. The van der Waals surface area contributed by atoms with Crippen molar-refractivity contribution in [1.29, 1.82) is 0 Å². The summed E-state index contributed by atoms with van der Waals surface area (Å²) < 4.78 is 0. The first-order chi connectivity index (χ1) is 13.8. The summed E-state index contributed by atoms with van der Waals surface area (Å²) in [5, 5.41) is 3.18. The van der Waals surface area contributed by atoms with Crippen LogP contribution in [0.2, 0.25) is 0 Å². The van der Waals surface area contributed by atoms with E-state index in [2.05, 4.69) is 51.5 Å². The van der Waals surface area contributed by atoms with Gasteiger partial charge in [-0.1, -0.05) is 42.5 Å². The minimum absolute atomic E-state index is 0.105. The summed E-state index contributed by atoms with van der Waals surface area (Å²) in [6, 6.07) is 18.7. The number of carbonyl (C=O) groups excluding carboxylic acids is 1. The third-order valence-corrected chi connectivity index (χ3v) is 5.99. The van der Waals surface area contributed by atoms with E-state index in [0.717, 1.165) is 37.3 Å². The zero-order valence-electron chi connectivity index (χ0n) is 16.6. The van der Waals surface area contributed by atoms with Crippen LogP contribution in [-0.4, -0.2) is 37.0 Å². The van der Waals surface area contributed by atoms with Crippen LogP contribution in [0.15, 0.2) is 54.6 Å². The quantitative estimate of drug-likeness (QED) is 0.822. The van der Waals surface area contributed by atoms with Gasteiger partial charge in [-0.15, -0.1) is 0 Å². The van der Waals surface area contributed by atoms with Gasteiger partial charge in [-0.3, -0.25) is 9.69 Å². The van der Waals surface area contributed by atoms with Crippen LogP contribution in [0.1, 0.15) is 49.3 Å². The van der Waals surface area contributed by atoms with Gasteiger partial charge in [0.05, 0.1) is 0 Å². The molecule has 0 aromatic heterocycles. The normalized spacial score (nSPS) is 18.8. The Labute approximate surface area is 168 Å². The van der Waals surface area contributed by atoms with Crippen molar-refractivity contribution in [3.05, 3.63) is 65.7 Å². The molecular formula is C24H31N3O. The van der Waals surface area contributed by atoms with Gasteiger partial charge < -0.3 is 10.2 Å². The van der Waals surface area contributed by atoms with Gasteiger partial charge in [0.2, 0.25) is 5.91 Å². The number of benzene rings is 2. The van der Waals surface area contributed by atoms with Crippen molar-refractivity contribution in [3.8, 4) is 0 Å². The molecule has 0 radical (unpaired) electrons. The first-order valence-electron chi connectivity index (χ1n) is 10.7. The van der Waals surface area contributed by atoms with Crippen LogP contribution in [0.3, 0.4) is 0 Å². The highest BCUT2D eigenvalue weighted by Gasteiger charge is 2.29. The molecule has 28 heavy (non-hydrogen) atoms. The predicted molar refractivity (Wildman–Crippen MR) is 114 cm³/mol. The average Bonchev–Trinajstić information content (AvgIpc) is 3.28. The predicted octanol–water partition coefficient (Wildman–Crippen LogP) is 4.13. The number of nitrogens with one attached hydrogen (secondary N) is 1. The summed E-state index contributed by atoms with van der Waals surface area (Å²) in [6.45, 7) is 4.89. The zero-order chi connectivity index (χ0) is 19.2. The van der Waals surface area contributed by atoms with Gasteiger partial charge in [-0.25, -0.2) is 0 Å². The summed E-state index contributed by atoms with van der Waals surface area (Å²) in [5.74, 6) is 0.105. The Morgan fingerprint density at radius 2 is 1.46 bits per heavy atom. The van der Waals surface area contributed by atoms with E-state index >= 15 is 0 Å². The Hall–Kier alpha value is -2.33. The lowest BCUT2D eigenvalue weighted by atomic mass is 10.0. The number of likely N-dealkylation sites (tertiary alicyclic amines) is 1. The molecular weight excluding hydrogens is 346 g/mol. The van der Waals surface area contributed by atoms with Gasteiger partial charge in [0.25, 0.3) is 0 Å². The second kappa shape index (κ2) is 9.24. The van der Waals surface area contributed by atoms with Crippen LogP contribution in [0.25, 0.3) is 0 Å². The third-order valence-electron chi connectivity index (χ3n) is 5.99. The van der Waals surface area contributed by atoms with E-state index < -0.39 is 0 Å².